The van der Waals surface area contributed by atoms with Crippen LogP contribution in [0.1, 0.15) is 47.1 Å². The molecule has 1 nitrogen and oxygen atoms in total. The van der Waals surface area contributed by atoms with Gasteiger partial charge in [-0.1, -0.05) is 110 Å². The smallest absolute Gasteiger partial charge is 0.0491 e. The van der Waals surface area contributed by atoms with E-state index in [1.54, 1.807) is 5.56 Å². The van der Waals surface area contributed by atoms with Crippen molar-refractivity contribution in [1.82, 2.24) is 4.57 Å². The maximum atomic E-state index is 2.54. The summed E-state index contributed by atoms with van der Waals surface area (Å²) in [4.78, 5) is 0. The largest absolute Gasteiger partial charge is 0.340 e. The normalized spacial score (nSPS) is 14.7. The minimum atomic E-state index is -0.0847. The van der Waals surface area contributed by atoms with E-state index >= 15 is 0 Å². The van der Waals surface area contributed by atoms with E-state index in [0.29, 0.717) is 0 Å². The molecule has 0 saturated heterocycles. The SMILES string of the molecule is c1ccc2c(c1)-c1ccccc1C2(CCCCn1c2ccccc2c2ccccc21)c1ccc2c(c1)CC2. The van der Waals surface area contributed by atoms with Crippen LogP contribution >= 0.6 is 0 Å². The van der Waals surface area contributed by atoms with Gasteiger partial charge in [0.1, 0.15) is 0 Å². The fraction of sp³-hybridized carbons (Fsp3) is 0.189. The second-order valence-corrected chi connectivity index (χ2v) is 11.1. The zero-order valence-electron chi connectivity index (χ0n) is 21.7. The predicted octanol–water partition coefficient (Wildman–Crippen LogP) is 9.08. The third-order valence-electron chi connectivity index (χ3n) is 9.29. The summed E-state index contributed by atoms with van der Waals surface area (Å²) in [5.74, 6) is 0. The highest BCUT2D eigenvalue weighted by atomic mass is 15.0. The van der Waals surface area contributed by atoms with Gasteiger partial charge in [0.25, 0.3) is 0 Å². The summed E-state index contributed by atoms with van der Waals surface area (Å²) in [6.45, 7) is 1.04. The number of aromatic nitrogens is 1. The molecule has 1 heteroatoms. The molecule has 0 fully saturated rings. The Balaban J connectivity index is 1.19. The molecule has 6 aromatic rings. The Hall–Kier alpha value is -4.10. The molecule has 0 unspecified atom stereocenters. The molecule has 0 amide bonds. The Bertz CT molecular complexity index is 1740. The second-order valence-electron chi connectivity index (χ2n) is 11.1. The summed E-state index contributed by atoms with van der Waals surface area (Å²) in [5.41, 5.74) is 13.0. The predicted molar refractivity (Wildman–Crippen MR) is 159 cm³/mol. The zero-order valence-corrected chi connectivity index (χ0v) is 21.7. The maximum Gasteiger partial charge on any atom is 0.0491 e. The van der Waals surface area contributed by atoms with Crippen molar-refractivity contribution in [2.24, 2.45) is 0 Å². The number of fused-ring (bicyclic) bond motifs is 7. The number of hydrogen-bond acceptors (Lipinski definition) is 0. The average Bonchev–Trinajstić information content (AvgIpc) is 3.43. The van der Waals surface area contributed by atoms with Crippen molar-refractivity contribution in [2.75, 3.05) is 0 Å². The van der Waals surface area contributed by atoms with Crippen LogP contribution < -0.4 is 0 Å². The van der Waals surface area contributed by atoms with E-state index in [9.17, 15) is 0 Å². The van der Waals surface area contributed by atoms with Crippen LogP contribution in [0, 0.1) is 0 Å². The van der Waals surface area contributed by atoms with Crippen LogP contribution in [0.5, 0.6) is 0 Å². The molecule has 0 saturated carbocycles. The minimum absolute atomic E-state index is 0.0847. The molecule has 38 heavy (non-hydrogen) atoms. The number of rotatable bonds is 6. The van der Waals surface area contributed by atoms with Crippen molar-refractivity contribution >= 4 is 21.8 Å². The number of unbranched alkanes of at least 4 members (excludes halogenated alkanes) is 1. The first-order valence-electron chi connectivity index (χ1n) is 14.1. The van der Waals surface area contributed by atoms with E-state index < -0.39 is 0 Å². The van der Waals surface area contributed by atoms with Crippen LogP contribution in [-0.4, -0.2) is 4.57 Å². The van der Waals surface area contributed by atoms with Gasteiger partial charge in [-0.3, -0.25) is 0 Å². The first-order chi connectivity index (χ1) is 18.8. The van der Waals surface area contributed by atoms with Gasteiger partial charge < -0.3 is 4.57 Å². The molecule has 2 aliphatic rings. The number of para-hydroxylation sites is 2. The van der Waals surface area contributed by atoms with Gasteiger partial charge in [0.2, 0.25) is 0 Å². The molecule has 8 rings (SSSR count). The van der Waals surface area contributed by atoms with E-state index in [0.717, 1.165) is 19.4 Å². The molecule has 184 valence electrons. The quantitative estimate of drug-likeness (QED) is 0.206. The maximum absolute atomic E-state index is 2.54. The molecule has 0 radical (unpaired) electrons. The van der Waals surface area contributed by atoms with Crippen LogP contribution in [-0.2, 0) is 24.8 Å². The highest BCUT2D eigenvalue weighted by Crippen LogP contribution is 2.55. The Kier molecular flexibility index (Phi) is 4.88. The van der Waals surface area contributed by atoms with Crippen molar-refractivity contribution in [3.8, 4) is 11.1 Å². The lowest BCUT2D eigenvalue weighted by Crippen LogP contribution is -2.28. The topological polar surface area (TPSA) is 4.93 Å². The third-order valence-corrected chi connectivity index (χ3v) is 9.29. The molecule has 0 spiro atoms. The molecule has 0 N–H and O–H groups in total. The van der Waals surface area contributed by atoms with Crippen molar-refractivity contribution in [1.29, 1.82) is 0 Å². The fourth-order valence-corrected chi connectivity index (χ4v) is 7.41. The van der Waals surface area contributed by atoms with Gasteiger partial charge in [-0.15, -0.1) is 0 Å². The lowest BCUT2D eigenvalue weighted by molar-refractivity contribution is 0.507. The van der Waals surface area contributed by atoms with E-state index in [-0.39, 0.29) is 5.41 Å². The number of aryl methyl sites for hydroxylation is 3. The van der Waals surface area contributed by atoms with Crippen molar-refractivity contribution in [3.63, 3.8) is 0 Å². The van der Waals surface area contributed by atoms with Crippen molar-refractivity contribution in [2.45, 2.75) is 44.1 Å². The van der Waals surface area contributed by atoms with Gasteiger partial charge in [-0.05, 0) is 76.8 Å². The highest BCUT2D eigenvalue weighted by molar-refractivity contribution is 6.07. The van der Waals surface area contributed by atoms with Crippen molar-refractivity contribution in [3.05, 3.63) is 143 Å². The molecule has 5 aromatic carbocycles. The number of hydrogen-bond donors (Lipinski definition) is 0. The molecular formula is C37H31N. The molecule has 0 atom stereocenters. The summed E-state index contributed by atoms with van der Waals surface area (Å²) < 4.78 is 2.54. The van der Waals surface area contributed by atoms with Gasteiger partial charge in [0, 0.05) is 33.8 Å². The summed E-state index contributed by atoms with van der Waals surface area (Å²) in [5, 5.41) is 2.72. The molecule has 0 bridgehead atoms. The summed E-state index contributed by atoms with van der Waals surface area (Å²) >= 11 is 0. The Morgan fingerprint density at radius 3 is 1.74 bits per heavy atom. The summed E-state index contributed by atoms with van der Waals surface area (Å²) in [7, 11) is 0. The van der Waals surface area contributed by atoms with Gasteiger partial charge in [-0.2, -0.15) is 0 Å². The van der Waals surface area contributed by atoms with Gasteiger partial charge in [0.15, 0.2) is 0 Å². The van der Waals surface area contributed by atoms with E-state index in [4.69, 9.17) is 0 Å². The van der Waals surface area contributed by atoms with Gasteiger partial charge >= 0.3 is 0 Å². The summed E-state index contributed by atoms with van der Waals surface area (Å²) in [6, 6.07) is 43.4. The first kappa shape index (κ1) is 21.9. The van der Waals surface area contributed by atoms with Crippen LogP contribution in [0.15, 0.2) is 115 Å². The lowest BCUT2D eigenvalue weighted by atomic mass is 9.68. The first-order valence-corrected chi connectivity index (χ1v) is 14.1. The molecule has 1 aromatic heterocycles. The monoisotopic (exact) mass is 489 g/mol. The zero-order chi connectivity index (χ0) is 25.1. The number of benzene rings is 5. The van der Waals surface area contributed by atoms with E-state index in [1.165, 1.54) is 74.4 Å². The Morgan fingerprint density at radius 2 is 1.13 bits per heavy atom. The molecule has 2 aliphatic carbocycles. The van der Waals surface area contributed by atoms with Gasteiger partial charge in [-0.25, -0.2) is 0 Å². The lowest BCUT2D eigenvalue weighted by Gasteiger charge is -2.35. The van der Waals surface area contributed by atoms with Crippen LogP contribution in [0.4, 0.5) is 0 Å². The third kappa shape index (κ3) is 3.05. The highest BCUT2D eigenvalue weighted by Gasteiger charge is 2.44. The molecule has 1 heterocycles. The van der Waals surface area contributed by atoms with Crippen LogP contribution in [0.25, 0.3) is 32.9 Å². The van der Waals surface area contributed by atoms with E-state index in [1.807, 2.05) is 0 Å². The minimum Gasteiger partial charge on any atom is -0.340 e. The second kappa shape index (κ2) is 8.46. The van der Waals surface area contributed by atoms with E-state index in [2.05, 4.69) is 120 Å². The average molecular weight is 490 g/mol. The van der Waals surface area contributed by atoms with Crippen LogP contribution in [0.2, 0.25) is 0 Å². The summed E-state index contributed by atoms with van der Waals surface area (Å²) in [6.07, 6.45) is 5.89. The van der Waals surface area contributed by atoms with Gasteiger partial charge in [0.05, 0.1) is 0 Å². The fourth-order valence-electron chi connectivity index (χ4n) is 7.41. The standard InChI is InChI=1S/C37H31N/c1-5-15-33-29(11-1)30-12-2-6-16-34(30)37(33,28-22-21-26-19-20-27(26)25-28)23-9-10-24-38-35-17-7-3-13-31(35)32-14-4-8-18-36(32)38/h1-8,11-18,21-22,25H,9-10,19-20,23-24H2. The Labute approximate surface area is 224 Å². The van der Waals surface area contributed by atoms with Crippen molar-refractivity contribution < 1.29 is 0 Å². The molecule has 0 aliphatic heterocycles. The Morgan fingerprint density at radius 1 is 0.553 bits per heavy atom. The van der Waals surface area contributed by atoms with Crippen LogP contribution in [0.3, 0.4) is 0 Å². The number of nitrogens with zero attached hydrogens (tertiary/aromatic N) is 1. The molecular weight excluding hydrogens is 458 g/mol.